The molecule has 1 heterocycles. The number of nitrogens with two attached hydrogens (primary N) is 1. The van der Waals surface area contributed by atoms with E-state index in [4.69, 9.17) is 16.1 Å². The highest BCUT2D eigenvalue weighted by molar-refractivity contribution is 6.08. The van der Waals surface area contributed by atoms with Crippen LogP contribution in [0.5, 0.6) is 0 Å². The second-order valence-electron chi connectivity index (χ2n) is 4.85. The second kappa shape index (κ2) is 4.09. The third kappa shape index (κ3) is 1.50. The van der Waals surface area contributed by atoms with Crippen LogP contribution in [0, 0.1) is 5.41 Å². The lowest BCUT2D eigenvalue weighted by Gasteiger charge is -2.13. The fraction of sp³-hybridized carbons (Fsp3) is 0.333. The summed E-state index contributed by atoms with van der Waals surface area (Å²) >= 11 is 0. The van der Waals surface area contributed by atoms with E-state index in [1.165, 1.54) is 11.1 Å². The van der Waals surface area contributed by atoms with Crippen molar-refractivity contribution >= 4 is 16.7 Å². The van der Waals surface area contributed by atoms with E-state index in [1.807, 2.05) is 12.1 Å². The molecule has 3 N–H and O–H groups in total. The number of pyridine rings is 1. The summed E-state index contributed by atoms with van der Waals surface area (Å²) in [5.74, 6) is 0.175. The molecule has 0 amide bonds. The van der Waals surface area contributed by atoms with Crippen molar-refractivity contribution in [2.24, 2.45) is 5.73 Å². The zero-order valence-corrected chi connectivity index (χ0v) is 10.6. The smallest absolute Gasteiger partial charge is 0.123 e. The molecular weight excluding hydrogens is 222 g/mol. The van der Waals surface area contributed by atoms with Crippen molar-refractivity contribution in [2.75, 3.05) is 0 Å². The van der Waals surface area contributed by atoms with Gasteiger partial charge >= 0.3 is 0 Å². The lowest BCUT2D eigenvalue weighted by molar-refractivity contribution is 0.900. The summed E-state index contributed by atoms with van der Waals surface area (Å²) in [7, 11) is 0. The molecule has 3 nitrogen and oxygen atoms in total. The van der Waals surface area contributed by atoms with Gasteiger partial charge in [-0.3, -0.25) is 10.4 Å². The van der Waals surface area contributed by atoms with E-state index >= 15 is 0 Å². The zero-order chi connectivity index (χ0) is 12.7. The Morgan fingerprint density at radius 2 is 2.22 bits per heavy atom. The third-order valence-corrected chi connectivity index (χ3v) is 3.78. The Labute approximate surface area is 107 Å². The summed E-state index contributed by atoms with van der Waals surface area (Å²) in [5, 5.41) is 8.91. The predicted octanol–water partition coefficient (Wildman–Crippen LogP) is 2.57. The summed E-state index contributed by atoms with van der Waals surface area (Å²) in [6.45, 7) is 2.14. The van der Waals surface area contributed by atoms with Crippen molar-refractivity contribution in [2.45, 2.75) is 32.6 Å². The maximum atomic E-state index is 7.86. The van der Waals surface area contributed by atoms with E-state index < -0.39 is 0 Å². The molecule has 0 bridgehead atoms. The average Bonchev–Trinajstić information content (AvgIpc) is 2.82. The number of hydrogen-bond donors (Lipinski definition) is 2. The van der Waals surface area contributed by atoms with Crippen molar-refractivity contribution in [3.05, 3.63) is 40.6 Å². The Bertz CT molecular complexity index is 644. The Kier molecular flexibility index (Phi) is 2.54. The molecule has 0 radical (unpaired) electrons. The lowest BCUT2D eigenvalue weighted by Crippen LogP contribution is -2.15. The number of amidine groups is 1. The highest BCUT2D eigenvalue weighted by Crippen LogP contribution is 2.31. The van der Waals surface area contributed by atoms with Gasteiger partial charge in [0.15, 0.2) is 0 Å². The van der Waals surface area contributed by atoms with Crippen LogP contribution < -0.4 is 5.73 Å². The van der Waals surface area contributed by atoms with Gasteiger partial charge < -0.3 is 5.73 Å². The molecule has 3 heteroatoms. The first kappa shape index (κ1) is 11.2. The van der Waals surface area contributed by atoms with Crippen LogP contribution in [0.1, 0.15) is 35.7 Å². The molecule has 0 atom stereocenters. The summed E-state index contributed by atoms with van der Waals surface area (Å²) in [6, 6.07) is 6.19. The number of aromatic nitrogens is 1. The monoisotopic (exact) mass is 239 g/mol. The van der Waals surface area contributed by atoms with Crippen molar-refractivity contribution in [1.29, 1.82) is 5.41 Å². The quantitative estimate of drug-likeness (QED) is 0.625. The first-order valence-corrected chi connectivity index (χ1v) is 6.50. The van der Waals surface area contributed by atoms with E-state index in [9.17, 15) is 0 Å². The summed E-state index contributed by atoms with van der Waals surface area (Å²) in [6.07, 6.45) is 4.11. The number of para-hydroxylation sites is 1. The summed E-state index contributed by atoms with van der Waals surface area (Å²) in [4.78, 5) is 4.82. The molecule has 2 aromatic rings. The van der Waals surface area contributed by atoms with Crippen LogP contribution in [0.15, 0.2) is 18.2 Å². The number of rotatable bonds is 2. The van der Waals surface area contributed by atoms with Gasteiger partial charge in [-0.25, -0.2) is 0 Å². The van der Waals surface area contributed by atoms with Crippen LogP contribution in [0.3, 0.4) is 0 Å². The molecule has 92 valence electrons. The number of aryl methyl sites for hydroxylation is 2. The Morgan fingerprint density at radius 3 is 2.94 bits per heavy atom. The van der Waals surface area contributed by atoms with Crippen LogP contribution in [0.25, 0.3) is 10.9 Å². The molecule has 1 aliphatic rings. The van der Waals surface area contributed by atoms with Crippen molar-refractivity contribution in [1.82, 2.24) is 4.98 Å². The van der Waals surface area contributed by atoms with Crippen LogP contribution >= 0.6 is 0 Å². The van der Waals surface area contributed by atoms with Crippen molar-refractivity contribution in [3.8, 4) is 0 Å². The van der Waals surface area contributed by atoms with Gasteiger partial charge in [-0.05, 0) is 36.8 Å². The minimum Gasteiger partial charge on any atom is -0.384 e. The van der Waals surface area contributed by atoms with E-state index in [0.717, 1.165) is 47.8 Å². The highest BCUT2D eigenvalue weighted by Gasteiger charge is 2.21. The lowest BCUT2D eigenvalue weighted by atomic mass is 9.97. The number of nitrogens with zero attached hydrogens (tertiary/aromatic N) is 1. The molecule has 1 aromatic carbocycles. The first-order valence-electron chi connectivity index (χ1n) is 6.50. The van der Waals surface area contributed by atoms with Crippen LogP contribution in [0.4, 0.5) is 0 Å². The fourth-order valence-corrected chi connectivity index (χ4v) is 2.94. The van der Waals surface area contributed by atoms with Gasteiger partial charge in [-0.15, -0.1) is 0 Å². The van der Waals surface area contributed by atoms with Gasteiger partial charge in [-0.1, -0.05) is 25.1 Å². The molecule has 0 fully saturated rings. The number of fused-ring (bicyclic) bond motifs is 2. The van der Waals surface area contributed by atoms with Gasteiger partial charge in [-0.2, -0.15) is 0 Å². The minimum atomic E-state index is 0.175. The Morgan fingerprint density at radius 1 is 1.39 bits per heavy atom. The first-order chi connectivity index (χ1) is 8.72. The highest BCUT2D eigenvalue weighted by atomic mass is 14.8. The fourth-order valence-electron chi connectivity index (χ4n) is 2.94. The maximum Gasteiger partial charge on any atom is 0.123 e. The number of benzene rings is 1. The van der Waals surface area contributed by atoms with Crippen molar-refractivity contribution in [3.63, 3.8) is 0 Å². The van der Waals surface area contributed by atoms with E-state index in [1.54, 1.807) is 0 Å². The minimum absolute atomic E-state index is 0.175. The molecule has 0 saturated carbocycles. The molecule has 0 spiro atoms. The van der Waals surface area contributed by atoms with Gasteiger partial charge in [0, 0.05) is 16.6 Å². The predicted molar refractivity (Wildman–Crippen MR) is 74.2 cm³/mol. The topological polar surface area (TPSA) is 62.8 Å². The maximum absolute atomic E-state index is 7.86. The van der Waals surface area contributed by atoms with Gasteiger partial charge in [0.1, 0.15) is 5.84 Å². The van der Waals surface area contributed by atoms with Gasteiger partial charge in [0.25, 0.3) is 0 Å². The van der Waals surface area contributed by atoms with Gasteiger partial charge in [0.05, 0.1) is 5.52 Å². The Hall–Kier alpha value is -1.90. The number of nitrogens with one attached hydrogen (secondary N) is 1. The third-order valence-electron chi connectivity index (χ3n) is 3.78. The van der Waals surface area contributed by atoms with Crippen LogP contribution in [-0.4, -0.2) is 10.8 Å². The largest absolute Gasteiger partial charge is 0.384 e. The standard InChI is InChI=1S/C15H17N3/c1-2-9-5-3-7-11-13(15(16)17)10-6-4-8-12(10)18-14(9)11/h3,5,7H,2,4,6,8H2,1H3,(H3,16,17). The molecule has 18 heavy (non-hydrogen) atoms. The van der Waals surface area contributed by atoms with Gasteiger partial charge in [0.2, 0.25) is 0 Å². The van der Waals surface area contributed by atoms with Crippen LogP contribution in [0.2, 0.25) is 0 Å². The molecule has 3 rings (SSSR count). The summed E-state index contributed by atoms with van der Waals surface area (Å²) in [5.41, 5.74) is 11.3. The number of hydrogen-bond acceptors (Lipinski definition) is 2. The average molecular weight is 239 g/mol. The molecular formula is C15H17N3. The molecule has 1 aromatic heterocycles. The molecule has 0 unspecified atom stereocenters. The number of nitrogen functional groups attached to an aromatic ring is 1. The zero-order valence-electron chi connectivity index (χ0n) is 10.6. The Balaban J connectivity index is 2.45. The normalized spacial score (nSPS) is 13.8. The second-order valence-corrected chi connectivity index (χ2v) is 4.85. The molecule has 0 aliphatic heterocycles. The van der Waals surface area contributed by atoms with Crippen molar-refractivity contribution < 1.29 is 0 Å². The van der Waals surface area contributed by atoms with E-state index in [2.05, 4.69) is 13.0 Å². The van der Waals surface area contributed by atoms with Crippen LogP contribution in [-0.2, 0) is 19.3 Å². The van der Waals surface area contributed by atoms with E-state index in [0.29, 0.717) is 0 Å². The summed E-state index contributed by atoms with van der Waals surface area (Å²) < 4.78 is 0. The molecule has 0 saturated heterocycles. The SMILES string of the molecule is CCc1cccc2c(C(=N)N)c3c(nc12)CCC3. The molecule has 1 aliphatic carbocycles. The van der Waals surface area contributed by atoms with E-state index in [-0.39, 0.29) is 5.84 Å².